The van der Waals surface area contributed by atoms with Gasteiger partial charge in [0.1, 0.15) is 0 Å². The minimum atomic E-state index is -0.222. The van der Waals surface area contributed by atoms with E-state index in [2.05, 4.69) is 15.5 Å². The van der Waals surface area contributed by atoms with Crippen LogP contribution in [0, 0.1) is 6.92 Å². The second-order valence-electron chi connectivity index (χ2n) is 4.19. The number of carbonyl (C=O) groups is 1. The van der Waals surface area contributed by atoms with E-state index in [0.717, 1.165) is 17.0 Å². The topological polar surface area (TPSA) is 54.4 Å². The van der Waals surface area contributed by atoms with Crippen molar-refractivity contribution in [1.82, 2.24) is 10.4 Å². The van der Waals surface area contributed by atoms with Crippen LogP contribution in [0.5, 0.6) is 0 Å². The molecule has 0 unspecified atom stereocenters. The minimum Gasteiger partial charge on any atom is -0.267 e. The molecule has 0 aliphatic rings. The molecule has 0 aliphatic heterocycles. The van der Waals surface area contributed by atoms with Gasteiger partial charge in [-0.1, -0.05) is 18.2 Å². The molecule has 4 nitrogen and oxygen atoms in total. The Labute approximate surface area is 112 Å². The molecule has 0 atom stereocenters. The number of aromatic nitrogens is 1. The van der Waals surface area contributed by atoms with E-state index in [9.17, 15) is 4.79 Å². The molecule has 1 N–H and O–H groups in total. The summed E-state index contributed by atoms with van der Waals surface area (Å²) >= 11 is 0. The van der Waals surface area contributed by atoms with Crippen LogP contribution in [0.25, 0.3) is 0 Å². The standard InChI is InChI=1S/C15H15N3O/c1-11-8-9-14(10-16-11)12(2)17-18-15(19)13-6-4-3-5-7-13/h3-10H,1-2H3,(H,18,19). The van der Waals surface area contributed by atoms with Gasteiger partial charge in [0.05, 0.1) is 5.71 Å². The Bertz CT molecular complexity index is 589. The summed E-state index contributed by atoms with van der Waals surface area (Å²) in [5.41, 5.74) is 5.67. The number of rotatable bonds is 3. The van der Waals surface area contributed by atoms with Crippen molar-refractivity contribution in [2.45, 2.75) is 13.8 Å². The summed E-state index contributed by atoms with van der Waals surface area (Å²) in [6, 6.07) is 12.8. The fraction of sp³-hybridized carbons (Fsp3) is 0.133. The van der Waals surface area contributed by atoms with Gasteiger partial charge >= 0.3 is 0 Å². The summed E-state index contributed by atoms with van der Waals surface area (Å²) in [5.74, 6) is -0.222. The van der Waals surface area contributed by atoms with Crippen molar-refractivity contribution in [3.05, 3.63) is 65.5 Å². The lowest BCUT2D eigenvalue weighted by Gasteiger charge is -2.03. The fourth-order valence-electron chi connectivity index (χ4n) is 1.54. The third-order valence-electron chi connectivity index (χ3n) is 2.69. The van der Waals surface area contributed by atoms with E-state index in [1.54, 1.807) is 18.3 Å². The number of hydrazone groups is 1. The van der Waals surface area contributed by atoms with Gasteiger partial charge < -0.3 is 0 Å². The highest BCUT2D eigenvalue weighted by atomic mass is 16.2. The number of amides is 1. The molecule has 0 saturated heterocycles. The summed E-state index contributed by atoms with van der Waals surface area (Å²) in [6.45, 7) is 3.76. The molecule has 1 heterocycles. The van der Waals surface area contributed by atoms with Crippen molar-refractivity contribution < 1.29 is 4.79 Å². The van der Waals surface area contributed by atoms with E-state index in [0.29, 0.717) is 5.56 Å². The number of nitrogens with zero attached hydrogens (tertiary/aromatic N) is 2. The molecule has 0 radical (unpaired) electrons. The number of nitrogens with one attached hydrogen (secondary N) is 1. The second-order valence-corrected chi connectivity index (χ2v) is 4.19. The zero-order valence-corrected chi connectivity index (χ0v) is 10.9. The first-order valence-electron chi connectivity index (χ1n) is 5.99. The molecule has 2 rings (SSSR count). The van der Waals surface area contributed by atoms with E-state index < -0.39 is 0 Å². The van der Waals surface area contributed by atoms with Gasteiger partial charge in [-0.05, 0) is 38.1 Å². The van der Waals surface area contributed by atoms with Crippen molar-refractivity contribution in [2.75, 3.05) is 0 Å². The lowest BCUT2D eigenvalue weighted by molar-refractivity contribution is 0.0955. The lowest BCUT2D eigenvalue weighted by atomic mass is 10.2. The molecule has 19 heavy (non-hydrogen) atoms. The monoisotopic (exact) mass is 253 g/mol. The maximum atomic E-state index is 11.8. The van der Waals surface area contributed by atoms with Gasteiger partial charge in [0.15, 0.2) is 0 Å². The van der Waals surface area contributed by atoms with Crippen LogP contribution in [0.2, 0.25) is 0 Å². The fourth-order valence-corrected chi connectivity index (χ4v) is 1.54. The predicted octanol–water partition coefficient (Wildman–Crippen LogP) is 2.54. The van der Waals surface area contributed by atoms with Crippen molar-refractivity contribution >= 4 is 11.6 Å². The number of benzene rings is 1. The number of aryl methyl sites for hydroxylation is 1. The Morgan fingerprint density at radius 2 is 1.84 bits per heavy atom. The van der Waals surface area contributed by atoms with E-state index >= 15 is 0 Å². The largest absolute Gasteiger partial charge is 0.271 e. The average Bonchev–Trinajstić information content (AvgIpc) is 2.46. The van der Waals surface area contributed by atoms with Gasteiger partial charge in [-0.15, -0.1) is 0 Å². The summed E-state index contributed by atoms with van der Waals surface area (Å²) in [5, 5.41) is 4.08. The smallest absolute Gasteiger partial charge is 0.267 e. The van der Waals surface area contributed by atoms with Gasteiger partial charge in [-0.2, -0.15) is 5.10 Å². The van der Waals surface area contributed by atoms with Crippen molar-refractivity contribution in [1.29, 1.82) is 0 Å². The molecule has 1 amide bonds. The number of hydrogen-bond donors (Lipinski definition) is 1. The number of carbonyl (C=O) groups excluding carboxylic acids is 1. The Morgan fingerprint density at radius 3 is 2.47 bits per heavy atom. The molecule has 0 aliphatic carbocycles. The van der Waals surface area contributed by atoms with Crippen LogP contribution < -0.4 is 5.43 Å². The highest BCUT2D eigenvalue weighted by Gasteiger charge is 2.03. The van der Waals surface area contributed by atoms with E-state index in [4.69, 9.17) is 0 Å². The van der Waals surface area contributed by atoms with Gasteiger partial charge in [0.25, 0.3) is 5.91 Å². The van der Waals surface area contributed by atoms with Gasteiger partial charge in [-0.25, -0.2) is 5.43 Å². The minimum absolute atomic E-state index is 0.222. The molecule has 0 spiro atoms. The summed E-state index contributed by atoms with van der Waals surface area (Å²) in [6.07, 6.45) is 1.74. The Morgan fingerprint density at radius 1 is 1.11 bits per heavy atom. The summed E-state index contributed by atoms with van der Waals surface area (Å²) in [4.78, 5) is 16.0. The van der Waals surface area contributed by atoms with Crippen LogP contribution in [-0.2, 0) is 0 Å². The number of hydrogen-bond acceptors (Lipinski definition) is 3. The normalized spacial score (nSPS) is 11.2. The molecular weight excluding hydrogens is 238 g/mol. The van der Waals surface area contributed by atoms with Gasteiger partial charge in [0, 0.05) is 23.0 Å². The van der Waals surface area contributed by atoms with Crippen LogP contribution in [-0.4, -0.2) is 16.6 Å². The Hall–Kier alpha value is -2.49. The zero-order chi connectivity index (χ0) is 13.7. The maximum Gasteiger partial charge on any atom is 0.271 e. The first-order valence-corrected chi connectivity index (χ1v) is 5.99. The molecule has 96 valence electrons. The van der Waals surface area contributed by atoms with Crippen LogP contribution in [0.15, 0.2) is 53.8 Å². The van der Waals surface area contributed by atoms with Crippen LogP contribution in [0.4, 0.5) is 0 Å². The predicted molar refractivity (Wildman–Crippen MR) is 75.1 cm³/mol. The highest BCUT2D eigenvalue weighted by molar-refractivity contribution is 6.00. The molecule has 0 bridgehead atoms. The first-order chi connectivity index (χ1) is 9.16. The van der Waals surface area contributed by atoms with E-state index in [1.807, 2.05) is 44.2 Å². The summed E-state index contributed by atoms with van der Waals surface area (Å²) < 4.78 is 0. The maximum absolute atomic E-state index is 11.8. The van der Waals surface area contributed by atoms with Crippen LogP contribution in [0.1, 0.15) is 28.5 Å². The third-order valence-corrected chi connectivity index (χ3v) is 2.69. The van der Waals surface area contributed by atoms with Crippen molar-refractivity contribution in [3.8, 4) is 0 Å². The van der Waals surface area contributed by atoms with E-state index in [1.165, 1.54) is 0 Å². The van der Waals surface area contributed by atoms with Crippen LogP contribution in [0.3, 0.4) is 0 Å². The summed E-state index contributed by atoms with van der Waals surface area (Å²) in [7, 11) is 0. The zero-order valence-electron chi connectivity index (χ0n) is 10.9. The first kappa shape index (κ1) is 13.0. The Kier molecular flexibility index (Phi) is 4.03. The third kappa shape index (κ3) is 3.48. The quantitative estimate of drug-likeness (QED) is 0.675. The average molecular weight is 253 g/mol. The van der Waals surface area contributed by atoms with Gasteiger partial charge in [0.2, 0.25) is 0 Å². The highest BCUT2D eigenvalue weighted by Crippen LogP contribution is 2.02. The molecular formula is C15H15N3O. The molecule has 2 aromatic rings. The molecule has 1 aromatic heterocycles. The molecule has 0 saturated carbocycles. The van der Waals surface area contributed by atoms with Crippen molar-refractivity contribution in [2.24, 2.45) is 5.10 Å². The molecule has 4 heteroatoms. The SMILES string of the molecule is CC(=NNC(=O)c1ccccc1)c1ccc(C)nc1. The lowest BCUT2D eigenvalue weighted by Crippen LogP contribution is -2.19. The van der Waals surface area contributed by atoms with Crippen molar-refractivity contribution in [3.63, 3.8) is 0 Å². The second kappa shape index (κ2) is 5.91. The van der Waals surface area contributed by atoms with Gasteiger partial charge in [-0.3, -0.25) is 9.78 Å². The van der Waals surface area contributed by atoms with E-state index in [-0.39, 0.29) is 5.91 Å². The van der Waals surface area contributed by atoms with Crippen LogP contribution >= 0.6 is 0 Å². The molecule has 0 fully saturated rings. The molecule has 1 aromatic carbocycles. The Balaban J connectivity index is 2.06. The number of pyridine rings is 1.